The molecule has 0 saturated heterocycles. The molecule has 0 unspecified atom stereocenters. The molecule has 6 heteroatoms. The maximum absolute atomic E-state index is 13.4. The van der Waals surface area contributed by atoms with Gasteiger partial charge in [-0.3, -0.25) is 4.79 Å². The number of hydrogen-bond donors (Lipinski definition) is 2. The van der Waals surface area contributed by atoms with E-state index in [1.807, 2.05) is 45.9 Å². The number of ether oxygens (including phenoxy) is 3. The average Bonchev–Trinajstić information content (AvgIpc) is 2.74. The Hall–Kier alpha value is -3.25. The van der Waals surface area contributed by atoms with E-state index in [1.165, 1.54) is 19.2 Å². The van der Waals surface area contributed by atoms with Crippen molar-refractivity contribution in [3.8, 4) is 23.0 Å². The molecule has 0 radical (unpaired) electrons. The molecule has 2 aliphatic rings. The quantitative estimate of drug-likeness (QED) is 0.672. The molecule has 2 N–H and O–H groups in total. The highest BCUT2D eigenvalue weighted by molar-refractivity contribution is 6.07. The Balaban J connectivity index is 1.96. The number of ketones is 1. The number of Topliss-reactive ketones (excluding diaryl/α,β-unsaturated/α-hetero) is 1. The number of allylic oxidation sites excluding steroid dienone is 2. The lowest BCUT2D eigenvalue weighted by Gasteiger charge is -2.36. The molecule has 0 bridgehead atoms. The summed E-state index contributed by atoms with van der Waals surface area (Å²) in [5.74, 6) is 0.918. The van der Waals surface area contributed by atoms with Crippen LogP contribution in [0.25, 0.3) is 6.08 Å². The van der Waals surface area contributed by atoms with Crippen molar-refractivity contribution in [1.82, 2.24) is 0 Å². The lowest BCUT2D eigenvalue weighted by molar-refractivity contribution is 0.0203. The highest BCUT2D eigenvalue weighted by atomic mass is 16.5. The van der Waals surface area contributed by atoms with Crippen LogP contribution in [0, 0.1) is 0 Å². The first-order valence-electron chi connectivity index (χ1n) is 10.6. The third-order valence-electron chi connectivity index (χ3n) is 5.69. The molecule has 0 fully saturated rings. The standard InChI is InChI=1S/C26H28O6/c1-14(2)6-11-17-23-18(12-13-26(3,4)32-23)24(30-5)19-20(28)21(29)22(31-25(17)19)15-7-9-16(27)10-8-15/h6-10,12-13,21-22,27,29H,11H2,1-5H3/t21-,22+/m0/s1. The normalized spacial score (nSPS) is 20.5. The maximum Gasteiger partial charge on any atom is 0.202 e. The van der Waals surface area contributed by atoms with Crippen molar-refractivity contribution in [2.75, 3.05) is 7.11 Å². The molecule has 0 amide bonds. The molecule has 2 aromatic carbocycles. The summed E-state index contributed by atoms with van der Waals surface area (Å²) in [6, 6.07) is 6.27. The van der Waals surface area contributed by atoms with Gasteiger partial charge in [0.2, 0.25) is 5.78 Å². The number of phenolic OH excluding ortho intramolecular Hbond substituents is 1. The molecule has 2 atom stereocenters. The Bertz CT molecular complexity index is 1120. The number of carbonyl (C=O) groups excluding carboxylic acids is 1. The second-order valence-corrected chi connectivity index (χ2v) is 8.92. The Labute approximate surface area is 187 Å². The first-order valence-corrected chi connectivity index (χ1v) is 10.6. The van der Waals surface area contributed by atoms with Crippen LogP contribution >= 0.6 is 0 Å². The Morgan fingerprint density at radius 1 is 1.19 bits per heavy atom. The third kappa shape index (κ3) is 3.75. The van der Waals surface area contributed by atoms with E-state index in [-0.39, 0.29) is 11.3 Å². The fourth-order valence-electron chi connectivity index (χ4n) is 4.06. The molecule has 2 heterocycles. The zero-order valence-corrected chi connectivity index (χ0v) is 18.9. The number of carbonyl (C=O) groups is 1. The van der Waals surface area contributed by atoms with Gasteiger partial charge in [-0.25, -0.2) is 0 Å². The Kier molecular flexibility index (Phi) is 5.51. The third-order valence-corrected chi connectivity index (χ3v) is 5.69. The van der Waals surface area contributed by atoms with Crippen LogP contribution in [0.5, 0.6) is 23.0 Å². The van der Waals surface area contributed by atoms with Gasteiger partial charge in [0, 0.05) is 5.56 Å². The van der Waals surface area contributed by atoms with Gasteiger partial charge in [-0.05, 0) is 64.0 Å². The fourth-order valence-corrected chi connectivity index (χ4v) is 4.06. The number of hydrogen-bond acceptors (Lipinski definition) is 6. The van der Waals surface area contributed by atoms with Crippen molar-refractivity contribution in [1.29, 1.82) is 0 Å². The van der Waals surface area contributed by atoms with Gasteiger partial charge in [0.15, 0.2) is 12.2 Å². The highest BCUT2D eigenvalue weighted by Crippen LogP contribution is 2.51. The van der Waals surface area contributed by atoms with Crippen molar-refractivity contribution in [2.45, 2.75) is 51.9 Å². The Morgan fingerprint density at radius 2 is 1.88 bits per heavy atom. The van der Waals surface area contributed by atoms with E-state index < -0.39 is 23.6 Å². The number of aliphatic hydroxyl groups excluding tert-OH is 1. The van der Waals surface area contributed by atoms with Crippen molar-refractivity contribution in [3.63, 3.8) is 0 Å². The summed E-state index contributed by atoms with van der Waals surface area (Å²) in [6.07, 6.45) is 4.02. The van der Waals surface area contributed by atoms with Gasteiger partial charge in [-0.15, -0.1) is 0 Å². The van der Waals surface area contributed by atoms with Gasteiger partial charge in [0.25, 0.3) is 0 Å². The summed E-state index contributed by atoms with van der Waals surface area (Å²) < 4.78 is 18.3. The van der Waals surface area contributed by atoms with E-state index in [2.05, 4.69) is 0 Å². The first-order chi connectivity index (χ1) is 15.1. The number of rotatable bonds is 4. The van der Waals surface area contributed by atoms with Crippen molar-refractivity contribution >= 4 is 11.9 Å². The number of phenols is 1. The number of benzene rings is 2. The van der Waals surface area contributed by atoms with Crippen LogP contribution in [-0.2, 0) is 6.42 Å². The van der Waals surface area contributed by atoms with Gasteiger partial charge in [0.05, 0.1) is 12.7 Å². The molecular formula is C26H28O6. The van der Waals surface area contributed by atoms with Crippen LogP contribution in [-0.4, -0.2) is 34.8 Å². The molecule has 168 valence electrons. The molecule has 0 spiro atoms. The lowest BCUT2D eigenvalue weighted by Crippen LogP contribution is -2.37. The SMILES string of the molecule is COc1c2c(c(CC=C(C)C)c3c1C(=O)[C@H](O)[C@@H](c1ccc(O)cc1)O3)OC(C)(C)C=C2. The molecule has 6 nitrogen and oxygen atoms in total. The van der Waals surface area contributed by atoms with E-state index in [0.717, 1.165) is 11.1 Å². The first kappa shape index (κ1) is 22.0. The van der Waals surface area contributed by atoms with E-state index in [1.54, 1.807) is 12.1 Å². The summed E-state index contributed by atoms with van der Waals surface area (Å²) in [4.78, 5) is 13.4. The number of aliphatic hydroxyl groups is 1. The lowest BCUT2D eigenvalue weighted by atomic mass is 9.87. The summed E-state index contributed by atoms with van der Waals surface area (Å²) in [7, 11) is 1.49. The van der Waals surface area contributed by atoms with E-state index in [9.17, 15) is 15.0 Å². The smallest absolute Gasteiger partial charge is 0.202 e. The number of fused-ring (bicyclic) bond motifs is 2. The minimum atomic E-state index is -1.42. The van der Waals surface area contributed by atoms with E-state index in [4.69, 9.17) is 14.2 Å². The largest absolute Gasteiger partial charge is 0.508 e. The molecule has 0 aliphatic carbocycles. The molecule has 0 aromatic heterocycles. The predicted octanol–water partition coefficient (Wildman–Crippen LogP) is 4.77. The van der Waals surface area contributed by atoms with Crippen LogP contribution in [0.3, 0.4) is 0 Å². The molecule has 0 saturated carbocycles. The average molecular weight is 437 g/mol. The second kappa shape index (κ2) is 8.02. The molecule has 32 heavy (non-hydrogen) atoms. The maximum atomic E-state index is 13.4. The summed E-state index contributed by atoms with van der Waals surface area (Å²) in [5, 5.41) is 20.5. The van der Waals surface area contributed by atoms with Crippen LogP contribution < -0.4 is 14.2 Å². The summed E-state index contributed by atoms with van der Waals surface area (Å²) >= 11 is 0. The van der Waals surface area contributed by atoms with Gasteiger partial charge < -0.3 is 24.4 Å². The van der Waals surface area contributed by atoms with Gasteiger partial charge >= 0.3 is 0 Å². The highest BCUT2D eigenvalue weighted by Gasteiger charge is 2.43. The minimum Gasteiger partial charge on any atom is -0.508 e. The summed E-state index contributed by atoms with van der Waals surface area (Å²) in [6.45, 7) is 7.92. The number of methoxy groups -OCH3 is 1. The van der Waals surface area contributed by atoms with Crippen LogP contribution in [0.1, 0.15) is 60.8 Å². The topological polar surface area (TPSA) is 85.2 Å². The van der Waals surface area contributed by atoms with Crippen molar-refractivity contribution < 1.29 is 29.2 Å². The molecule has 2 aromatic rings. The molecular weight excluding hydrogens is 408 g/mol. The zero-order valence-electron chi connectivity index (χ0n) is 18.9. The van der Waals surface area contributed by atoms with Crippen molar-refractivity contribution in [2.24, 2.45) is 0 Å². The number of aromatic hydroxyl groups is 1. The predicted molar refractivity (Wildman–Crippen MR) is 122 cm³/mol. The summed E-state index contributed by atoms with van der Waals surface area (Å²) in [5.41, 5.74) is 2.78. The molecule has 4 rings (SSSR count). The monoisotopic (exact) mass is 436 g/mol. The van der Waals surface area contributed by atoms with Gasteiger partial charge in [0.1, 0.15) is 34.2 Å². The zero-order chi connectivity index (χ0) is 23.2. The van der Waals surface area contributed by atoms with Crippen LogP contribution in [0.2, 0.25) is 0 Å². The van der Waals surface area contributed by atoms with Gasteiger partial charge in [-0.1, -0.05) is 23.8 Å². The van der Waals surface area contributed by atoms with Gasteiger partial charge in [-0.2, -0.15) is 0 Å². The van der Waals surface area contributed by atoms with Crippen molar-refractivity contribution in [3.05, 3.63) is 64.2 Å². The van der Waals surface area contributed by atoms with E-state index in [0.29, 0.717) is 34.8 Å². The van der Waals surface area contributed by atoms with Crippen LogP contribution in [0.4, 0.5) is 0 Å². The second-order valence-electron chi connectivity index (χ2n) is 8.92. The molecule has 2 aliphatic heterocycles. The Morgan fingerprint density at radius 3 is 2.50 bits per heavy atom. The van der Waals surface area contributed by atoms with E-state index >= 15 is 0 Å². The minimum absolute atomic E-state index is 0.0909. The van der Waals surface area contributed by atoms with Crippen LogP contribution in [0.15, 0.2) is 42.0 Å². The fraction of sp³-hybridized carbons (Fsp3) is 0.346.